The molecule has 1 amide bonds. The van der Waals surface area contributed by atoms with Crippen LogP contribution in [-0.2, 0) is 11.3 Å². The molecule has 3 aromatic heterocycles. The van der Waals surface area contributed by atoms with Crippen molar-refractivity contribution < 1.29 is 4.79 Å². The van der Waals surface area contributed by atoms with Gasteiger partial charge in [-0.3, -0.25) is 9.78 Å². The van der Waals surface area contributed by atoms with Gasteiger partial charge in [-0.1, -0.05) is 0 Å². The minimum Gasteiger partial charge on any atom is -0.368 e. The van der Waals surface area contributed by atoms with Gasteiger partial charge in [0.05, 0.1) is 6.33 Å². The number of fused-ring (bicyclic) bond motifs is 1. The summed E-state index contributed by atoms with van der Waals surface area (Å²) in [5.74, 6) is 0.584. The summed E-state index contributed by atoms with van der Waals surface area (Å²) in [6, 6.07) is 3.74. The predicted octanol–water partition coefficient (Wildman–Crippen LogP) is 1.91. The number of halogens is 1. The van der Waals surface area contributed by atoms with E-state index < -0.39 is 0 Å². The number of carbonyl (C=O) groups excluding carboxylic acids is 1. The van der Waals surface area contributed by atoms with Crippen LogP contribution in [-0.4, -0.2) is 37.4 Å². The van der Waals surface area contributed by atoms with Crippen LogP contribution in [0.3, 0.4) is 0 Å². The number of amides is 1. The summed E-state index contributed by atoms with van der Waals surface area (Å²) >= 11 is 5.86. The molecule has 0 aliphatic rings. The number of aromatic amines is 1. The number of hydrogen-bond acceptors (Lipinski definition) is 6. The fraction of sp³-hybridized carbons (Fsp3) is 0.267. The number of hydrogen-bond donors (Lipinski definition) is 3. The van der Waals surface area contributed by atoms with Crippen LogP contribution in [0.25, 0.3) is 11.2 Å². The second-order valence-corrected chi connectivity index (χ2v) is 5.44. The highest BCUT2D eigenvalue weighted by Gasteiger charge is 2.08. The fourth-order valence-corrected chi connectivity index (χ4v) is 2.34. The Morgan fingerprint density at radius 3 is 2.92 bits per heavy atom. The second-order valence-electron chi connectivity index (χ2n) is 5.10. The Kier molecular flexibility index (Phi) is 5.17. The van der Waals surface area contributed by atoms with Gasteiger partial charge in [0.25, 0.3) is 0 Å². The van der Waals surface area contributed by atoms with Crippen molar-refractivity contribution in [1.82, 2.24) is 30.2 Å². The van der Waals surface area contributed by atoms with Gasteiger partial charge in [0, 0.05) is 31.9 Å². The van der Waals surface area contributed by atoms with Gasteiger partial charge in [-0.15, -0.1) is 0 Å². The van der Waals surface area contributed by atoms with Crippen molar-refractivity contribution in [3.63, 3.8) is 0 Å². The van der Waals surface area contributed by atoms with Crippen LogP contribution in [0, 0.1) is 0 Å². The molecule has 124 valence electrons. The number of aromatic nitrogens is 5. The molecule has 0 saturated heterocycles. The van der Waals surface area contributed by atoms with Crippen LogP contribution in [0.5, 0.6) is 0 Å². The maximum Gasteiger partial charge on any atom is 0.226 e. The lowest BCUT2D eigenvalue weighted by molar-refractivity contribution is -0.121. The van der Waals surface area contributed by atoms with Crippen LogP contribution in [0.1, 0.15) is 18.4 Å². The zero-order chi connectivity index (χ0) is 16.8. The van der Waals surface area contributed by atoms with Gasteiger partial charge in [0.15, 0.2) is 11.5 Å². The predicted molar refractivity (Wildman–Crippen MR) is 90.5 cm³/mol. The van der Waals surface area contributed by atoms with Gasteiger partial charge in [-0.05, 0) is 35.7 Å². The van der Waals surface area contributed by atoms with E-state index in [4.69, 9.17) is 11.6 Å². The maximum atomic E-state index is 11.8. The highest BCUT2D eigenvalue weighted by atomic mass is 35.5. The van der Waals surface area contributed by atoms with Crippen molar-refractivity contribution in [3.8, 4) is 0 Å². The van der Waals surface area contributed by atoms with E-state index in [1.165, 1.54) is 6.33 Å². The minimum absolute atomic E-state index is 0.000944. The SMILES string of the molecule is O=C(CCCNc1nc(Cl)nc2nc[nH]c12)NCc1ccncc1. The summed E-state index contributed by atoms with van der Waals surface area (Å²) in [4.78, 5) is 30.9. The first-order chi connectivity index (χ1) is 11.7. The van der Waals surface area contributed by atoms with Crippen molar-refractivity contribution >= 4 is 34.5 Å². The number of nitrogens with one attached hydrogen (secondary N) is 3. The van der Waals surface area contributed by atoms with E-state index in [1.54, 1.807) is 12.4 Å². The number of anilines is 1. The zero-order valence-electron chi connectivity index (χ0n) is 12.8. The Balaban J connectivity index is 1.43. The third-order valence-electron chi connectivity index (χ3n) is 3.37. The molecule has 0 atom stereocenters. The minimum atomic E-state index is 0.000944. The molecule has 3 aromatic rings. The van der Waals surface area contributed by atoms with Crippen molar-refractivity contribution in [2.24, 2.45) is 0 Å². The Hall–Kier alpha value is -2.74. The van der Waals surface area contributed by atoms with Gasteiger partial charge in [-0.2, -0.15) is 9.97 Å². The molecule has 0 bridgehead atoms. The van der Waals surface area contributed by atoms with E-state index in [-0.39, 0.29) is 11.2 Å². The lowest BCUT2D eigenvalue weighted by atomic mass is 10.2. The smallest absolute Gasteiger partial charge is 0.226 e. The highest BCUT2D eigenvalue weighted by molar-refractivity contribution is 6.28. The van der Waals surface area contributed by atoms with Gasteiger partial charge in [-0.25, -0.2) is 4.98 Å². The fourth-order valence-electron chi connectivity index (χ4n) is 2.18. The van der Waals surface area contributed by atoms with E-state index in [9.17, 15) is 4.79 Å². The molecule has 0 fully saturated rings. The summed E-state index contributed by atoms with van der Waals surface area (Å²) in [5, 5.41) is 6.16. The maximum absolute atomic E-state index is 11.8. The molecule has 24 heavy (non-hydrogen) atoms. The Labute approximate surface area is 143 Å². The molecule has 0 aliphatic carbocycles. The van der Waals surface area contributed by atoms with Crippen molar-refractivity contribution in [1.29, 1.82) is 0 Å². The molecule has 0 aliphatic heterocycles. The summed E-state index contributed by atoms with van der Waals surface area (Å²) in [5.41, 5.74) is 2.22. The van der Waals surface area contributed by atoms with E-state index in [0.29, 0.717) is 42.9 Å². The van der Waals surface area contributed by atoms with E-state index in [2.05, 4.69) is 35.6 Å². The third kappa shape index (κ3) is 4.17. The van der Waals surface area contributed by atoms with E-state index in [0.717, 1.165) is 5.56 Å². The van der Waals surface area contributed by atoms with Gasteiger partial charge in [0.1, 0.15) is 5.52 Å². The lowest BCUT2D eigenvalue weighted by Crippen LogP contribution is -2.23. The number of pyridine rings is 1. The van der Waals surface area contributed by atoms with Gasteiger partial charge in [0.2, 0.25) is 11.2 Å². The number of nitrogens with zero attached hydrogens (tertiary/aromatic N) is 4. The quantitative estimate of drug-likeness (QED) is 0.446. The summed E-state index contributed by atoms with van der Waals surface area (Å²) in [6.07, 6.45) is 6.03. The third-order valence-corrected chi connectivity index (χ3v) is 3.54. The molecule has 8 nitrogen and oxygen atoms in total. The number of carbonyl (C=O) groups is 1. The van der Waals surface area contributed by atoms with Crippen LogP contribution in [0.2, 0.25) is 5.28 Å². The van der Waals surface area contributed by atoms with Crippen molar-refractivity contribution in [2.75, 3.05) is 11.9 Å². The molecular formula is C15H16ClN7O. The molecule has 0 unspecified atom stereocenters. The van der Waals surface area contributed by atoms with E-state index in [1.807, 2.05) is 12.1 Å². The highest BCUT2D eigenvalue weighted by Crippen LogP contribution is 2.18. The van der Waals surface area contributed by atoms with Gasteiger partial charge < -0.3 is 15.6 Å². The number of rotatable bonds is 7. The Morgan fingerprint density at radius 2 is 2.08 bits per heavy atom. The number of H-pyrrole nitrogens is 1. The van der Waals surface area contributed by atoms with E-state index >= 15 is 0 Å². The molecule has 3 heterocycles. The van der Waals surface area contributed by atoms with Crippen molar-refractivity contribution in [2.45, 2.75) is 19.4 Å². The Morgan fingerprint density at radius 1 is 1.25 bits per heavy atom. The molecule has 0 saturated carbocycles. The molecule has 3 rings (SSSR count). The molecule has 0 aromatic carbocycles. The average molecular weight is 346 g/mol. The average Bonchev–Trinajstić information content (AvgIpc) is 3.06. The molecule has 0 radical (unpaired) electrons. The van der Waals surface area contributed by atoms with Crippen LogP contribution >= 0.6 is 11.6 Å². The van der Waals surface area contributed by atoms with Gasteiger partial charge >= 0.3 is 0 Å². The number of imidazole rings is 1. The summed E-state index contributed by atoms with van der Waals surface area (Å²) in [6.45, 7) is 1.09. The first kappa shape index (κ1) is 16.1. The van der Waals surface area contributed by atoms with Crippen LogP contribution < -0.4 is 10.6 Å². The van der Waals surface area contributed by atoms with Crippen LogP contribution in [0.4, 0.5) is 5.82 Å². The monoisotopic (exact) mass is 345 g/mol. The summed E-state index contributed by atoms with van der Waals surface area (Å²) < 4.78 is 0. The normalized spacial score (nSPS) is 10.7. The van der Waals surface area contributed by atoms with Crippen molar-refractivity contribution in [3.05, 3.63) is 41.7 Å². The molecular weight excluding hydrogens is 330 g/mol. The molecule has 3 N–H and O–H groups in total. The Bertz CT molecular complexity index is 821. The molecule has 0 spiro atoms. The standard InChI is InChI=1S/C15H16ClN7O/c16-15-22-13(12-14(23-15)21-9-20-12)18-5-1-2-11(24)19-8-10-3-6-17-7-4-10/h3-4,6-7,9H,1-2,5,8H2,(H,19,24)(H2,18,20,21,22,23). The summed E-state index contributed by atoms with van der Waals surface area (Å²) in [7, 11) is 0. The molecule has 9 heteroatoms. The first-order valence-corrected chi connectivity index (χ1v) is 7.86. The first-order valence-electron chi connectivity index (χ1n) is 7.48. The largest absolute Gasteiger partial charge is 0.368 e. The zero-order valence-corrected chi connectivity index (χ0v) is 13.5. The lowest BCUT2D eigenvalue weighted by Gasteiger charge is -2.07. The van der Waals surface area contributed by atoms with Crippen LogP contribution in [0.15, 0.2) is 30.9 Å². The second kappa shape index (κ2) is 7.69. The topological polar surface area (TPSA) is 108 Å².